The summed E-state index contributed by atoms with van der Waals surface area (Å²) in [5, 5.41) is 9.39. The van der Waals surface area contributed by atoms with Crippen LogP contribution < -0.4 is 0 Å². The number of carboxylic acid groups (broad SMARTS) is 1. The summed E-state index contributed by atoms with van der Waals surface area (Å²) in [4.78, 5) is 25.3. The highest BCUT2D eigenvalue weighted by atomic mass is 16.6. The molecule has 2 aliphatic heterocycles. The first-order chi connectivity index (χ1) is 11.2. The molecule has 0 radical (unpaired) electrons. The van der Waals surface area contributed by atoms with Crippen molar-refractivity contribution in [1.29, 1.82) is 0 Å². The summed E-state index contributed by atoms with van der Waals surface area (Å²) >= 11 is 0. The highest BCUT2D eigenvalue weighted by molar-refractivity contribution is 5.81. The summed E-state index contributed by atoms with van der Waals surface area (Å²) in [5.74, 6) is -0.984. The number of nitrogens with zero attached hydrogens (tertiary/aromatic N) is 1. The van der Waals surface area contributed by atoms with Crippen LogP contribution in [-0.2, 0) is 20.9 Å². The highest BCUT2D eigenvalue weighted by Gasteiger charge is 2.46. The quantitative estimate of drug-likeness (QED) is 0.922. The molecule has 2 saturated heterocycles. The number of carbonyl (C=O) groups is 2. The van der Waals surface area contributed by atoms with Gasteiger partial charge in [0, 0.05) is 6.61 Å². The number of hydrogen-bond acceptors (Lipinski definition) is 4. The molecule has 1 amide bonds. The Balaban J connectivity index is 1.69. The standard InChI is InChI=1S/C17H21NO5/c19-16(20)14-9-8-13(15-7-4-10-22-15)18(14)17(21)23-11-12-5-2-1-3-6-12/h1-3,5-6,13-15H,4,7-11H2,(H,19,20)/t13-,14+,15?/m1/s1. The maximum atomic E-state index is 12.5. The molecule has 6 heteroatoms. The summed E-state index contributed by atoms with van der Waals surface area (Å²) in [6, 6.07) is 8.32. The molecule has 2 heterocycles. The molecule has 0 spiro atoms. The van der Waals surface area contributed by atoms with Crippen molar-refractivity contribution >= 4 is 12.1 Å². The number of likely N-dealkylation sites (tertiary alicyclic amines) is 1. The number of amides is 1. The van der Waals surface area contributed by atoms with Gasteiger partial charge in [0.05, 0.1) is 12.1 Å². The third kappa shape index (κ3) is 3.47. The third-order valence-corrected chi connectivity index (χ3v) is 4.52. The number of hydrogen-bond donors (Lipinski definition) is 1. The van der Waals surface area contributed by atoms with E-state index in [1.807, 2.05) is 30.3 Å². The lowest BCUT2D eigenvalue weighted by atomic mass is 10.1. The number of rotatable bonds is 4. The molecule has 124 valence electrons. The van der Waals surface area contributed by atoms with E-state index >= 15 is 0 Å². The van der Waals surface area contributed by atoms with E-state index in [1.54, 1.807) is 0 Å². The van der Waals surface area contributed by atoms with Gasteiger partial charge in [0.2, 0.25) is 0 Å². The third-order valence-electron chi connectivity index (χ3n) is 4.52. The van der Waals surface area contributed by atoms with Gasteiger partial charge in [0.1, 0.15) is 12.6 Å². The fraction of sp³-hybridized carbons (Fsp3) is 0.529. The number of carbonyl (C=O) groups excluding carboxylic acids is 1. The number of carboxylic acids is 1. The minimum absolute atomic E-state index is 0.0800. The molecule has 23 heavy (non-hydrogen) atoms. The van der Waals surface area contributed by atoms with Crippen molar-refractivity contribution in [2.24, 2.45) is 0 Å². The van der Waals surface area contributed by atoms with Gasteiger partial charge in [-0.3, -0.25) is 4.90 Å². The van der Waals surface area contributed by atoms with Gasteiger partial charge in [-0.25, -0.2) is 9.59 Å². The number of ether oxygens (including phenoxy) is 2. The normalized spacial score (nSPS) is 27.1. The second kappa shape index (κ2) is 7.00. The summed E-state index contributed by atoms with van der Waals surface area (Å²) in [6.07, 6.45) is 2.25. The second-order valence-corrected chi connectivity index (χ2v) is 6.00. The van der Waals surface area contributed by atoms with Crippen LogP contribution in [0, 0.1) is 0 Å². The molecular weight excluding hydrogens is 298 g/mol. The predicted octanol–water partition coefficient (Wildman–Crippen LogP) is 2.42. The lowest BCUT2D eigenvalue weighted by Crippen LogP contribution is -2.49. The van der Waals surface area contributed by atoms with E-state index < -0.39 is 18.1 Å². The van der Waals surface area contributed by atoms with E-state index in [1.165, 1.54) is 4.90 Å². The van der Waals surface area contributed by atoms with Crippen molar-refractivity contribution in [2.75, 3.05) is 6.61 Å². The SMILES string of the molecule is O=C(O)[C@@H]1CC[C@H](C2CCCO2)N1C(=O)OCc1ccccc1. The first kappa shape index (κ1) is 15.8. The zero-order chi connectivity index (χ0) is 16.2. The average Bonchev–Trinajstić information content (AvgIpc) is 3.22. The van der Waals surface area contributed by atoms with Gasteiger partial charge in [-0.05, 0) is 31.2 Å². The molecule has 0 aromatic heterocycles. The van der Waals surface area contributed by atoms with Crippen LogP contribution in [0.1, 0.15) is 31.2 Å². The van der Waals surface area contributed by atoms with Crippen LogP contribution in [0.25, 0.3) is 0 Å². The second-order valence-electron chi connectivity index (χ2n) is 6.00. The Labute approximate surface area is 135 Å². The predicted molar refractivity (Wildman–Crippen MR) is 81.9 cm³/mol. The fourth-order valence-electron chi connectivity index (χ4n) is 3.41. The van der Waals surface area contributed by atoms with Gasteiger partial charge in [-0.1, -0.05) is 30.3 Å². The summed E-state index contributed by atoms with van der Waals surface area (Å²) < 4.78 is 11.0. The molecule has 1 aromatic rings. The van der Waals surface area contributed by atoms with E-state index in [-0.39, 0.29) is 18.8 Å². The van der Waals surface area contributed by atoms with Crippen molar-refractivity contribution in [3.63, 3.8) is 0 Å². The van der Waals surface area contributed by atoms with Gasteiger partial charge in [0.25, 0.3) is 0 Å². The van der Waals surface area contributed by atoms with Crippen LogP contribution in [0.5, 0.6) is 0 Å². The van der Waals surface area contributed by atoms with E-state index in [0.717, 1.165) is 18.4 Å². The van der Waals surface area contributed by atoms with Gasteiger partial charge >= 0.3 is 12.1 Å². The molecule has 1 N–H and O–H groups in total. The summed E-state index contributed by atoms with van der Waals surface area (Å²) in [5.41, 5.74) is 0.876. The Morgan fingerprint density at radius 1 is 1.22 bits per heavy atom. The summed E-state index contributed by atoms with van der Waals surface area (Å²) in [7, 11) is 0. The smallest absolute Gasteiger partial charge is 0.411 e. The van der Waals surface area contributed by atoms with E-state index in [4.69, 9.17) is 9.47 Å². The lowest BCUT2D eigenvalue weighted by Gasteiger charge is -2.30. The zero-order valence-corrected chi connectivity index (χ0v) is 12.9. The molecule has 2 aliphatic rings. The lowest BCUT2D eigenvalue weighted by molar-refractivity contribution is -0.142. The van der Waals surface area contributed by atoms with Crippen LogP contribution in [-0.4, -0.2) is 46.9 Å². The Hall–Kier alpha value is -2.08. The first-order valence-corrected chi connectivity index (χ1v) is 8.00. The summed E-state index contributed by atoms with van der Waals surface area (Å²) in [6.45, 7) is 0.812. The van der Waals surface area contributed by atoms with Gasteiger partial charge in [0.15, 0.2) is 0 Å². The highest BCUT2D eigenvalue weighted by Crippen LogP contribution is 2.32. The Kier molecular flexibility index (Phi) is 4.81. The van der Waals surface area contributed by atoms with Crippen LogP contribution in [0.2, 0.25) is 0 Å². The van der Waals surface area contributed by atoms with Crippen LogP contribution in [0.4, 0.5) is 4.79 Å². The Morgan fingerprint density at radius 3 is 2.65 bits per heavy atom. The zero-order valence-electron chi connectivity index (χ0n) is 12.9. The van der Waals surface area contributed by atoms with Crippen LogP contribution >= 0.6 is 0 Å². The van der Waals surface area contributed by atoms with Crippen molar-refractivity contribution in [3.8, 4) is 0 Å². The van der Waals surface area contributed by atoms with Crippen molar-refractivity contribution < 1.29 is 24.2 Å². The molecule has 3 rings (SSSR count). The first-order valence-electron chi connectivity index (χ1n) is 8.00. The molecule has 6 nitrogen and oxygen atoms in total. The maximum Gasteiger partial charge on any atom is 0.411 e. The molecular formula is C17H21NO5. The van der Waals surface area contributed by atoms with Gasteiger partial charge in [-0.15, -0.1) is 0 Å². The van der Waals surface area contributed by atoms with Crippen LogP contribution in [0.3, 0.4) is 0 Å². The molecule has 0 bridgehead atoms. The molecule has 0 aliphatic carbocycles. The van der Waals surface area contributed by atoms with Crippen molar-refractivity contribution in [2.45, 2.75) is 50.5 Å². The topological polar surface area (TPSA) is 76.1 Å². The largest absolute Gasteiger partial charge is 0.480 e. The number of benzene rings is 1. The molecule has 2 fully saturated rings. The van der Waals surface area contributed by atoms with Gasteiger partial charge < -0.3 is 14.6 Å². The van der Waals surface area contributed by atoms with E-state index in [2.05, 4.69) is 0 Å². The molecule has 1 unspecified atom stereocenters. The average molecular weight is 319 g/mol. The minimum Gasteiger partial charge on any atom is -0.480 e. The Morgan fingerprint density at radius 2 is 2.00 bits per heavy atom. The van der Waals surface area contributed by atoms with Gasteiger partial charge in [-0.2, -0.15) is 0 Å². The fourth-order valence-corrected chi connectivity index (χ4v) is 3.41. The monoisotopic (exact) mass is 319 g/mol. The van der Waals surface area contributed by atoms with E-state index in [0.29, 0.717) is 19.4 Å². The van der Waals surface area contributed by atoms with E-state index in [9.17, 15) is 14.7 Å². The Bertz CT molecular complexity index is 555. The van der Waals surface area contributed by atoms with Crippen molar-refractivity contribution in [1.82, 2.24) is 4.90 Å². The molecule has 1 aromatic carbocycles. The van der Waals surface area contributed by atoms with Crippen molar-refractivity contribution in [3.05, 3.63) is 35.9 Å². The van der Waals surface area contributed by atoms with Crippen LogP contribution in [0.15, 0.2) is 30.3 Å². The number of aliphatic carboxylic acids is 1. The maximum absolute atomic E-state index is 12.5. The molecule has 3 atom stereocenters. The minimum atomic E-state index is -0.984. The molecule has 0 saturated carbocycles.